The van der Waals surface area contributed by atoms with E-state index in [-0.39, 0.29) is 30.0 Å². The SMILES string of the molecule is CCc1cc(C[C@@H](CC(=O)N2CCC(n3c(=O)[nH]c4ccccc43)CC2)C(=O)N2CCC(N3CCCC3)CC2)cc(Cl)c1N. The van der Waals surface area contributed by atoms with E-state index < -0.39 is 5.92 Å². The largest absolute Gasteiger partial charge is 0.397 e. The molecule has 6 rings (SSSR count). The Balaban J connectivity index is 1.14. The maximum Gasteiger partial charge on any atom is 0.326 e. The third-order valence-corrected chi connectivity index (χ3v) is 10.5. The number of nitrogen functional groups attached to an aromatic ring is 1. The predicted octanol–water partition coefficient (Wildman–Crippen LogP) is 4.63. The minimum atomic E-state index is -0.468. The lowest BCUT2D eigenvalue weighted by Gasteiger charge is -2.38. The zero-order chi connectivity index (χ0) is 30.8. The van der Waals surface area contributed by atoms with Gasteiger partial charge in [-0.1, -0.05) is 36.7 Å². The van der Waals surface area contributed by atoms with Crippen LogP contribution in [0.5, 0.6) is 0 Å². The van der Waals surface area contributed by atoms with Crippen LogP contribution in [0.4, 0.5) is 5.69 Å². The highest BCUT2D eigenvalue weighted by Gasteiger charge is 2.34. The van der Waals surface area contributed by atoms with E-state index in [2.05, 4.69) is 9.88 Å². The van der Waals surface area contributed by atoms with Gasteiger partial charge in [0.05, 0.1) is 27.7 Å². The summed E-state index contributed by atoms with van der Waals surface area (Å²) in [6.07, 6.45) is 7.26. The summed E-state index contributed by atoms with van der Waals surface area (Å²) >= 11 is 6.49. The van der Waals surface area contributed by atoms with Crippen molar-refractivity contribution in [2.45, 2.75) is 76.8 Å². The first-order chi connectivity index (χ1) is 21.3. The van der Waals surface area contributed by atoms with Crippen molar-refractivity contribution in [1.29, 1.82) is 0 Å². The number of benzene rings is 2. The highest BCUT2D eigenvalue weighted by molar-refractivity contribution is 6.33. The second-order valence-corrected chi connectivity index (χ2v) is 13.2. The van der Waals surface area contributed by atoms with Gasteiger partial charge >= 0.3 is 5.69 Å². The third-order valence-electron chi connectivity index (χ3n) is 10.1. The Bertz CT molecular complexity index is 1540. The molecule has 4 heterocycles. The Hall–Kier alpha value is -3.30. The highest BCUT2D eigenvalue weighted by Crippen LogP contribution is 2.30. The van der Waals surface area contributed by atoms with Crippen molar-refractivity contribution in [3.63, 3.8) is 0 Å². The molecule has 3 aromatic rings. The molecule has 44 heavy (non-hydrogen) atoms. The molecule has 2 amide bonds. The maximum atomic E-state index is 14.1. The molecule has 3 aliphatic rings. The van der Waals surface area contributed by atoms with Crippen molar-refractivity contribution in [1.82, 2.24) is 24.3 Å². The second kappa shape index (κ2) is 13.4. The Morgan fingerprint density at radius 3 is 2.32 bits per heavy atom. The number of aromatic nitrogens is 2. The van der Waals surface area contributed by atoms with Gasteiger partial charge in [-0.15, -0.1) is 0 Å². The van der Waals surface area contributed by atoms with E-state index in [1.807, 2.05) is 57.7 Å². The minimum Gasteiger partial charge on any atom is -0.397 e. The van der Waals surface area contributed by atoms with E-state index >= 15 is 0 Å². The number of anilines is 1. The van der Waals surface area contributed by atoms with E-state index in [0.29, 0.717) is 49.1 Å². The molecule has 3 N–H and O–H groups in total. The molecule has 3 aliphatic heterocycles. The molecule has 1 aromatic heterocycles. The number of amides is 2. The van der Waals surface area contributed by atoms with Crippen LogP contribution in [0.1, 0.15) is 69.0 Å². The lowest BCUT2D eigenvalue weighted by Crippen LogP contribution is -2.48. The summed E-state index contributed by atoms with van der Waals surface area (Å²) in [6, 6.07) is 12.2. The molecular formula is C34H45ClN6O3. The number of nitrogens with one attached hydrogen (secondary N) is 1. The van der Waals surface area contributed by atoms with Gasteiger partial charge in [0.2, 0.25) is 11.8 Å². The molecule has 1 atom stereocenters. The lowest BCUT2D eigenvalue weighted by molar-refractivity contribution is -0.143. The monoisotopic (exact) mass is 620 g/mol. The van der Waals surface area contributed by atoms with Crippen LogP contribution in [0.3, 0.4) is 0 Å². The van der Waals surface area contributed by atoms with Gasteiger partial charge in [0.15, 0.2) is 0 Å². The van der Waals surface area contributed by atoms with Gasteiger partial charge in [-0.05, 0) is 93.8 Å². The fourth-order valence-corrected chi connectivity index (χ4v) is 7.91. The van der Waals surface area contributed by atoms with E-state index in [0.717, 1.165) is 54.5 Å². The number of imidazole rings is 1. The molecule has 0 saturated carbocycles. The fourth-order valence-electron chi connectivity index (χ4n) is 7.65. The number of hydrogen-bond donors (Lipinski definition) is 2. The normalized spacial score (nSPS) is 19.6. The number of para-hydroxylation sites is 2. The number of carbonyl (C=O) groups is 2. The number of carbonyl (C=O) groups excluding carboxylic acids is 2. The fraction of sp³-hybridized carbons (Fsp3) is 0.559. The Morgan fingerprint density at radius 1 is 0.955 bits per heavy atom. The topological polar surface area (TPSA) is 108 Å². The molecule has 2 aromatic carbocycles. The van der Waals surface area contributed by atoms with Crippen molar-refractivity contribution in [3.05, 3.63) is 63.0 Å². The van der Waals surface area contributed by atoms with Crippen LogP contribution < -0.4 is 11.4 Å². The van der Waals surface area contributed by atoms with E-state index in [1.54, 1.807) is 0 Å². The van der Waals surface area contributed by atoms with Crippen LogP contribution in [0.2, 0.25) is 5.02 Å². The number of nitrogens with zero attached hydrogens (tertiary/aromatic N) is 4. The van der Waals surface area contributed by atoms with Gasteiger partial charge in [-0.25, -0.2) is 4.79 Å². The number of aromatic amines is 1. The molecule has 0 aliphatic carbocycles. The molecule has 9 nitrogen and oxygen atoms in total. The first kappa shape index (κ1) is 30.7. The van der Waals surface area contributed by atoms with Crippen molar-refractivity contribution in [2.24, 2.45) is 5.92 Å². The number of nitrogens with two attached hydrogens (primary N) is 1. The van der Waals surface area contributed by atoms with E-state index in [9.17, 15) is 14.4 Å². The summed E-state index contributed by atoms with van der Waals surface area (Å²) in [5.41, 5.74) is 10.3. The van der Waals surface area contributed by atoms with Gasteiger partial charge in [-0.3, -0.25) is 14.2 Å². The zero-order valence-electron chi connectivity index (χ0n) is 25.8. The standard InChI is InChI=1S/C34H45ClN6O3/c1-2-24-19-23(21-28(35)32(24)36)20-25(33(43)40-17-9-26(10-18-40)38-13-5-6-14-38)22-31(42)39-15-11-27(12-16-39)41-30-8-4-3-7-29(30)37-34(41)44/h3-4,7-8,19,21,25-27H,2,5-6,9-18,20,22,36H2,1H3,(H,37,44)/t25-/m0/s1. The molecule has 0 unspecified atom stereocenters. The first-order valence-electron chi connectivity index (χ1n) is 16.4. The predicted molar refractivity (Wildman–Crippen MR) is 175 cm³/mol. The third kappa shape index (κ3) is 6.40. The zero-order valence-corrected chi connectivity index (χ0v) is 26.5. The lowest BCUT2D eigenvalue weighted by atomic mass is 9.91. The molecule has 3 fully saturated rings. The number of H-pyrrole nitrogens is 1. The summed E-state index contributed by atoms with van der Waals surface area (Å²) in [5.74, 6) is -0.411. The van der Waals surface area contributed by atoms with Gasteiger partial charge in [0.25, 0.3) is 0 Å². The summed E-state index contributed by atoms with van der Waals surface area (Å²) in [4.78, 5) is 50.0. The number of fused-ring (bicyclic) bond motifs is 1. The van der Waals surface area contributed by atoms with Crippen molar-refractivity contribution >= 4 is 40.1 Å². The van der Waals surface area contributed by atoms with Crippen LogP contribution >= 0.6 is 11.6 Å². The molecule has 0 spiro atoms. The summed E-state index contributed by atoms with van der Waals surface area (Å²) in [7, 11) is 0. The molecular weight excluding hydrogens is 576 g/mol. The Morgan fingerprint density at radius 2 is 1.61 bits per heavy atom. The summed E-state index contributed by atoms with van der Waals surface area (Å²) in [6.45, 7) is 6.96. The Kier molecular flexibility index (Phi) is 9.33. The quantitative estimate of drug-likeness (QED) is 0.357. The summed E-state index contributed by atoms with van der Waals surface area (Å²) in [5, 5.41) is 0.498. The molecule has 0 bridgehead atoms. The van der Waals surface area contributed by atoms with Gasteiger partial charge in [-0.2, -0.15) is 0 Å². The van der Waals surface area contributed by atoms with Gasteiger partial charge in [0, 0.05) is 44.7 Å². The number of rotatable bonds is 8. The number of aryl methyl sites for hydroxylation is 1. The number of hydrogen-bond acceptors (Lipinski definition) is 5. The van der Waals surface area contributed by atoms with Crippen LogP contribution in [-0.2, 0) is 22.4 Å². The van der Waals surface area contributed by atoms with Crippen LogP contribution in [0.25, 0.3) is 11.0 Å². The second-order valence-electron chi connectivity index (χ2n) is 12.8. The number of piperidine rings is 2. The van der Waals surface area contributed by atoms with Crippen LogP contribution in [0.15, 0.2) is 41.2 Å². The minimum absolute atomic E-state index is 0.00252. The van der Waals surface area contributed by atoms with E-state index in [4.69, 9.17) is 17.3 Å². The molecule has 3 saturated heterocycles. The highest BCUT2D eigenvalue weighted by atomic mass is 35.5. The van der Waals surface area contributed by atoms with Gasteiger partial charge in [0.1, 0.15) is 0 Å². The molecule has 0 radical (unpaired) electrons. The average molecular weight is 621 g/mol. The summed E-state index contributed by atoms with van der Waals surface area (Å²) < 4.78 is 1.84. The van der Waals surface area contributed by atoms with Crippen LogP contribution in [-0.4, -0.2) is 81.4 Å². The van der Waals surface area contributed by atoms with Crippen molar-refractivity contribution in [3.8, 4) is 0 Å². The first-order valence-corrected chi connectivity index (χ1v) is 16.8. The molecule has 10 heteroatoms. The number of halogens is 1. The van der Waals surface area contributed by atoms with Crippen molar-refractivity contribution < 1.29 is 9.59 Å². The maximum absolute atomic E-state index is 14.1. The molecule has 236 valence electrons. The van der Waals surface area contributed by atoms with Crippen molar-refractivity contribution in [2.75, 3.05) is 45.0 Å². The number of likely N-dealkylation sites (tertiary alicyclic amines) is 3. The van der Waals surface area contributed by atoms with Crippen LogP contribution in [0, 0.1) is 5.92 Å². The smallest absolute Gasteiger partial charge is 0.326 e. The Labute approximate surface area is 264 Å². The van der Waals surface area contributed by atoms with E-state index in [1.165, 1.54) is 25.9 Å². The van der Waals surface area contributed by atoms with Gasteiger partial charge < -0.3 is 25.4 Å². The average Bonchev–Trinajstić information content (AvgIpc) is 3.70.